The molecule has 1 aromatic heterocycles. The van der Waals surface area contributed by atoms with E-state index in [-0.39, 0.29) is 67.0 Å². The van der Waals surface area contributed by atoms with Crippen molar-refractivity contribution in [1.82, 2.24) is 29.5 Å². The second-order valence-electron chi connectivity index (χ2n) is 9.97. The number of nitrogens with zero attached hydrogens (tertiary/aromatic N) is 5. The Kier molecular flexibility index (Phi) is 9.46. The highest BCUT2D eigenvalue weighted by molar-refractivity contribution is 7.89. The number of aromatic nitrogens is 3. The zero-order valence-electron chi connectivity index (χ0n) is 21.6. The zero-order chi connectivity index (χ0) is 28.8. The van der Waals surface area contributed by atoms with Crippen molar-refractivity contribution in [3.63, 3.8) is 0 Å². The summed E-state index contributed by atoms with van der Waals surface area (Å²) >= 11 is 5.99. The van der Waals surface area contributed by atoms with Crippen molar-refractivity contribution in [3.05, 3.63) is 40.5 Å². The van der Waals surface area contributed by atoms with Crippen LogP contribution in [0.1, 0.15) is 48.5 Å². The molecule has 9 nitrogen and oxygen atoms in total. The van der Waals surface area contributed by atoms with Crippen molar-refractivity contribution in [2.45, 2.75) is 61.3 Å². The van der Waals surface area contributed by atoms with Crippen LogP contribution >= 0.6 is 24.0 Å². The minimum Gasteiger partial charge on any atom is -0.348 e. The Morgan fingerprint density at radius 1 is 1.10 bits per heavy atom. The molecule has 2 aromatic rings. The molecule has 224 valence electrons. The number of carbonyl (C=O) groups excluding carboxylic acids is 1. The van der Waals surface area contributed by atoms with Gasteiger partial charge in [0.2, 0.25) is 10.9 Å². The molecule has 2 heterocycles. The Bertz CT molecular complexity index is 1320. The number of aryl methyl sites for hydroxylation is 1. The second kappa shape index (κ2) is 11.7. The summed E-state index contributed by atoms with van der Waals surface area (Å²) in [7, 11) is -2.36. The van der Waals surface area contributed by atoms with Crippen LogP contribution in [0.4, 0.5) is 22.0 Å². The monoisotopic (exact) mass is 634 g/mol. The van der Waals surface area contributed by atoms with Gasteiger partial charge in [0.1, 0.15) is 0 Å². The molecule has 1 N–H and O–H groups in total. The van der Waals surface area contributed by atoms with E-state index in [0.717, 1.165) is 12.1 Å². The Labute approximate surface area is 239 Å². The van der Waals surface area contributed by atoms with Gasteiger partial charge in [-0.25, -0.2) is 17.2 Å². The lowest BCUT2D eigenvalue weighted by Gasteiger charge is -2.53. The summed E-state index contributed by atoms with van der Waals surface area (Å²) in [5.74, 6) is -3.61. The number of sulfonamides is 1. The first-order valence-corrected chi connectivity index (χ1v) is 14.0. The maximum absolute atomic E-state index is 14.2. The number of halogens is 7. The summed E-state index contributed by atoms with van der Waals surface area (Å²) in [6.07, 6.45) is -4.14. The predicted octanol–water partition coefficient (Wildman–Crippen LogP) is 3.98. The number of alkyl halides is 5. The molecule has 1 unspecified atom stereocenters. The van der Waals surface area contributed by atoms with Crippen molar-refractivity contribution in [3.8, 4) is 0 Å². The van der Waals surface area contributed by atoms with Gasteiger partial charge < -0.3 is 5.32 Å². The SMILES string of the molecule is CC(NC(=O)c1ccc(C(F)(F)F)cc1Cl)C1(N2CCN(S(=O)(=O)c3cn(C)nn3)CC2)CCC(F)(F)CC1.Cl. The highest BCUT2D eigenvalue weighted by atomic mass is 35.5. The van der Waals surface area contributed by atoms with E-state index >= 15 is 0 Å². The molecule has 0 bridgehead atoms. The van der Waals surface area contributed by atoms with E-state index in [0.29, 0.717) is 6.07 Å². The van der Waals surface area contributed by atoms with E-state index in [1.807, 2.05) is 4.90 Å². The quantitative estimate of drug-likeness (QED) is 0.483. The third kappa shape index (κ3) is 6.53. The third-order valence-corrected chi connectivity index (χ3v) is 9.67. The van der Waals surface area contributed by atoms with Gasteiger partial charge in [-0.1, -0.05) is 16.8 Å². The van der Waals surface area contributed by atoms with Gasteiger partial charge in [0.25, 0.3) is 15.9 Å². The lowest BCUT2D eigenvalue weighted by Crippen LogP contribution is -2.67. The summed E-state index contributed by atoms with van der Waals surface area (Å²) in [4.78, 5) is 14.9. The number of carbonyl (C=O) groups is 1. The lowest BCUT2D eigenvalue weighted by molar-refractivity contribution is -0.137. The largest absolute Gasteiger partial charge is 0.416 e. The molecule has 1 atom stereocenters. The fourth-order valence-corrected chi connectivity index (χ4v) is 6.91. The van der Waals surface area contributed by atoms with Gasteiger partial charge in [-0.15, -0.1) is 17.5 Å². The van der Waals surface area contributed by atoms with Crippen LogP contribution in [0.15, 0.2) is 29.4 Å². The molecule has 1 saturated carbocycles. The number of hydrogen-bond acceptors (Lipinski definition) is 6. The molecule has 1 saturated heterocycles. The first-order valence-electron chi connectivity index (χ1n) is 12.2. The summed E-state index contributed by atoms with van der Waals surface area (Å²) in [6, 6.07) is 1.68. The molecule has 1 aliphatic heterocycles. The van der Waals surface area contributed by atoms with Crippen molar-refractivity contribution >= 4 is 39.9 Å². The Balaban J connectivity index is 0.00000441. The average Bonchev–Trinajstić information content (AvgIpc) is 3.31. The van der Waals surface area contributed by atoms with Gasteiger partial charge in [0, 0.05) is 57.6 Å². The van der Waals surface area contributed by atoms with Crippen LogP contribution in [-0.4, -0.2) is 82.2 Å². The molecule has 17 heteroatoms. The lowest BCUT2D eigenvalue weighted by atomic mass is 9.73. The third-order valence-electron chi connectivity index (χ3n) is 7.60. The Morgan fingerprint density at radius 3 is 2.20 bits per heavy atom. The smallest absolute Gasteiger partial charge is 0.348 e. The molecule has 2 aliphatic rings. The van der Waals surface area contributed by atoms with Crippen LogP contribution in [0.2, 0.25) is 5.02 Å². The van der Waals surface area contributed by atoms with Crippen molar-refractivity contribution in [2.75, 3.05) is 26.2 Å². The average molecular weight is 635 g/mol. The number of hydrogen-bond donors (Lipinski definition) is 1. The summed E-state index contributed by atoms with van der Waals surface area (Å²) < 4.78 is 95.8. The van der Waals surface area contributed by atoms with Crippen LogP contribution in [-0.2, 0) is 23.2 Å². The van der Waals surface area contributed by atoms with Crippen LogP contribution in [0, 0.1) is 0 Å². The van der Waals surface area contributed by atoms with Gasteiger partial charge in [-0.3, -0.25) is 14.4 Å². The normalized spacial score (nSPS) is 20.9. The van der Waals surface area contributed by atoms with Gasteiger partial charge in [0.05, 0.1) is 22.3 Å². The maximum Gasteiger partial charge on any atom is 0.416 e. The van der Waals surface area contributed by atoms with Crippen LogP contribution in [0.25, 0.3) is 0 Å². The van der Waals surface area contributed by atoms with E-state index in [1.165, 1.54) is 15.2 Å². The van der Waals surface area contributed by atoms with Gasteiger partial charge in [0.15, 0.2) is 0 Å². The van der Waals surface area contributed by atoms with E-state index in [9.17, 15) is 35.2 Å². The molecule has 0 radical (unpaired) electrons. The number of benzene rings is 1. The molecule has 40 heavy (non-hydrogen) atoms. The summed E-state index contributed by atoms with van der Waals surface area (Å²) in [6.45, 7) is 2.23. The van der Waals surface area contributed by atoms with Gasteiger partial charge in [-0.2, -0.15) is 17.5 Å². The predicted molar refractivity (Wildman–Crippen MR) is 138 cm³/mol. The number of amides is 1. The fourth-order valence-electron chi connectivity index (χ4n) is 5.31. The topological polar surface area (TPSA) is 100 Å². The maximum atomic E-state index is 14.2. The standard InChI is InChI=1S/C23H28ClF5N6O3S.ClH/c1-15(30-20(36)17-4-3-16(13-18(17)24)23(27,28)29)21(5-7-22(25,26)8-6-21)34-9-11-35(12-10-34)39(37,38)19-14-33(2)32-31-19;/h3-4,13-15H,5-12H2,1-2H3,(H,30,36);1H. The molecule has 4 rings (SSSR count). The van der Waals surface area contributed by atoms with Crippen LogP contribution < -0.4 is 5.32 Å². The van der Waals surface area contributed by atoms with Crippen molar-refractivity contribution in [2.24, 2.45) is 7.05 Å². The molecular weight excluding hydrogens is 606 g/mol. The summed E-state index contributed by atoms with van der Waals surface area (Å²) in [5.41, 5.74) is -2.11. The minimum atomic E-state index is -4.63. The summed E-state index contributed by atoms with van der Waals surface area (Å²) in [5, 5.41) is 9.52. The number of nitrogens with one attached hydrogen (secondary N) is 1. The molecular formula is C23H29Cl2F5N6O3S. The van der Waals surface area contributed by atoms with E-state index in [4.69, 9.17) is 11.6 Å². The second-order valence-corrected chi connectivity index (χ2v) is 12.3. The molecule has 2 fully saturated rings. The van der Waals surface area contributed by atoms with Crippen molar-refractivity contribution in [1.29, 1.82) is 0 Å². The minimum absolute atomic E-state index is 0. The first kappa shape index (κ1) is 32.4. The fraction of sp³-hybridized carbons (Fsp3) is 0.609. The molecule has 0 spiro atoms. The molecule has 1 aliphatic carbocycles. The Morgan fingerprint density at radius 2 is 1.70 bits per heavy atom. The number of rotatable bonds is 6. The molecule has 1 aromatic carbocycles. The molecule has 1 amide bonds. The highest BCUT2D eigenvalue weighted by Crippen LogP contribution is 2.44. The van der Waals surface area contributed by atoms with Crippen LogP contribution in [0.5, 0.6) is 0 Å². The highest BCUT2D eigenvalue weighted by Gasteiger charge is 2.51. The Hall–Kier alpha value is -2.07. The number of piperazine rings is 1. The van der Waals surface area contributed by atoms with E-state index in [2.05, 4.69) is 15.6 Å². The van der Waals surface area contributed by atoms with Gasteiger partial charge >= 0.3 is 6.18 Å². The van der Waals surface area contributed by atoms with Crippen LogP contribution in [0.3, 0.4) is 0 Å². The van der Waals surface area contributed by atoms with E-state index < -0.39 is 58.0 Å². The van der Waals surface area contributed by atoms with Gasteiger partial charge in [-0.05, 0) is 38.0 Å². The van der Waals surface area contributed by atoms with E-state index in [1.54, 1.807) is 14.0 Å². The van der Waals surface area contributed by atoms with Crippen molar-refractivity contribution < 1.29 is 35.2 Å². The zero-order valence-corrected chi connectivity index (χ0v) is 24.0. The first-order chi connectivity index (χ1) is 18.0.